The third kappa shape index (κ3) is 2.49. The van der Waals surface area contributed by atoms with Crippen LogP contribution in [-0.2, 0) is 6.42 Å². The molecule has 1 heterocycles. The van der Waals surface area contributed by atoms with Crippen molar-refractivity contribution in [2.24, 2.45) is 0 Å². The summed E-state index contributed by atoms with van der Waals surface area (Å²) in [5.41, 5.74) is 14.5. The number of hydrogen-bond donors (Lipinski definition) is 2. The summed E-state index contributed by atoms with van der Waals surface area (Å²) in [7, 11) is 1.99. The van der Waals surface area contributed by atoms with E-state index < -0.39 is 0 Å². The quantitative estimate of drug-likeness (QED) is 0.582. The zero-order valence-corrected chi connectivity index (χ0v) is 11.2. The molecule has 0 atom stereocenters. The van der Waals surface area contributed by atoms with E-state index in [-0.39, 0.29) is 0 Å². The molecule has 1 aliphatic rings. The molecule has 0 saturated heterocycles. The Morgan fingerprint density at radius 2 is 2.17 bits per heavy atom. The number of likely N-dealkylation sites (N-methyl/N-ethyl adjacent to an activating group) is 1. The fraction of sp³-hybridized carbons (Fsp3) is 0.333. The predicted octanol–water partition coefficient (Wildman–Crippen LogP) is 1.83. The number of nitrogens with two attached hydrogens (primary N) is 1. The van der Waals surface area contributed by atoms with Crippen molar-refractivity contribution in [2.75, 3.05) is 19.3 Å². The first-order valence-corrected chi connectivity index (χ1v) is 6.18. The van der Waals surface area contributed by atoms with Gasteiger partial charge in [-0.15, -0.1) is 0 Å². The van der Waals surface area contributed by atoms with Crippen LogP contribution in [0.25, 0.3) is 0 Å². The third-order valence-electron chi connectivity index (χ3n) is 3.13. The van der Waals surface area contributed by atoms with Gasteiger partial charge in [0.1, 0.15) is 0 Å². The standard InChI is InChI=1S/C15H19N3/c1-4-13-14(11(2)5-8-15(13)16)7-6-12-9-17-18(3)10-12/h5,8-9,17H,4,10,16H2,1-3H3. The van der Waals surface area contributed by atoms with Crippen LogP contribution in [0.4, 0.5) is 5.69 Å². The Balaban J connectivity index is 2.35. The van der Waals surface area contributed by atoms with Gasteiger partial charge in [0.05, 0.1) is 6.54 Å². The van der Waals surface area contributed by atoms with Crippen molar-refractivity contribution in [2.45, 2.75) is 20.3 Å². The van der Waals surface area contributed by atoms with Crippen molar-refractivity contribution in [3.05, 3.63) is 40.6 Å². The number of anilines is 1. The van der Waals surface area contributed by atoms with Crippen molar-refractivity contribution in [1.82, 2.24) is 10.4 Å². The molecule has 3 nitrogen and oxygen atoms in total. The number of hydrazine groups is 1. The molecule has 0 spiro atoms. The van der Waals surface area contributed by atoms with Gasteiger partial charge in [-0.05, 0) is 30.5 Å². The Morgan fingerprint density at radius 1 is 1.39 bits per heavy atom. The topological polar surface area (TPSA) is 41.3 Å². The van der Waals surface area contributed by atoms with Gasteiger partial charge in [-0.1, -0.05) is 24.8 Å². The monoisotopic (exact) mass is 241 g/mol. The first kappa shape index (κ1) is 12.5. The lowest BCUT2D eigenvalue weighted by Crippen LogP contribution is -2.24. The highest BCUT2D eigenvalue weighted by Crippen LogP contribution is 2.20. The molecule has 3 heteroatoms. The number of nitrogen functional groups attached to an aromatic ring is 1. The van der Waals surface area contributed by atoms with Gasteiger partial charge in [-0.25, -0.2) is 5.01 Å². The molecular formula is C15H19N3. The molecule has 0 aromatic heterocycles. The van der Waals surface area contributed by atoms with Gasteiger partial charge in [-0.2, -0.15) is 0 Å². The van der Waals surface area contributed by atoms with E-state index in [1.54, 1.807) is 0 Å². The Bertz CT molecular complexity index is 547. The van der Waals surface area contributed by atoms with Crippen LogP contribution in [0, 0.1) is 18.8 Å². The van der Waals surface area contributed by atoms with E-state index in [2.05, 4.69) is 31.1 Å². The van der Waals surface area contributed by atoms with Crippen molar-refractivity contribution in [1.29, 1.82) is 0 Å². The molecular weight excluding hydrogens is 222 g/mol. The van der Waals surface area contributed by atoms with Gasteiger partial charge in [0.2, 0.25) is 0 Å². The first-order chi connectivity index (χ1) is 8.61. The van der Waals surface area contributed by atoms with Crippen LogP contribution in [0.5, 0.6) is 0 Å². The van der Waals surface area contributed by atoms with Gasteiger partial charge < -0.3 is 11.2 Å². The molecule has 1 aromatic rings. The van der Waals surface area contributed by atoms with Crippen LogP contribution in [0.1, 0.15) is 23.6 Å². The molecule has 1 aliphatic heterocycles. The second-order valence-corrected chi connectivity index (χ2v) is 4.58. The molecule has 1 aromatic carbocycles. The molecule has 0 saturated carbocycles. The predicted molar refractivity (Wildman–Crippen MR) is 75.7 cm³/mol. The summed E-state index contributed by atoms with van der Waals surface area (Å²) in [6.07, 6.45) is 2.86. The van der Waals surface area contributed by atoms with Crippen LogP contribution in [0.3, 0.4) is 0 Å². The van der Waals surface area contributed by atoms with E-state index >= 15 is 0 Å². The minimum atomic E-state index is 0.836. The fourth-order valence-electron chi connectivity index (χ4n) is 2.09. The molecule has 2 rings (SSSR count). The van der Waals surface area contributed by atoms with Crippen LogP contribution < -0.4 is 11.2 Å². The number of nitrogens with zero attached hydrogens (tertiary/aromatic N) is 1. The molecule has 0 amide bonds. The van der Waals surface area contributed by atoms with E-state index in [4.69, 9.17) is 5.73 Å². The zero-order chi connectivity index (χ0) is 13.1. The van der Waals surface area contributed by atoms with Crippen molar-refractivity contribution in [3.8, 4) is 11.8 Å². The molecule has 0 unspecified atom stereocenters. The summed E-state index contributed by atoms with van der Waals surface area (Å²) in [6.45, 7) is 5.03. The highest BCUT2D eigenvalue weighted by molar-refractivity contribution is 5.60. The second-order valence-electron chi connectivity index (χ2n) is 4.58. The van der Waals surface area contributed by atoms with Gasteiger partial charge in [0.25, 0.3) is 0 Å². The van der Waals surface area contributed by atoms with E-state index in [9.17, 15) is 0 Å². The number of nitrogens with one attached hydrogen (secondary N) is 1. The average molecular weight is 241 g/mol. The maximum Gasteiger partial charge on any atom is 0.0520 e. The number of hydrogen-bond acceptors (Lipinski definition) is 3. The van der Waals surface area contributed by atoms with Gasteiger partial charge in [0.15, 0.2) is 0 Å². The van der Waals surface area contributed by atoms with Gasteiger partial charge in [0, 0.05) is 30.1 Å². The Morgan fingerprint density at radius 3 is 2.78 bits per heavy atom. The zero-order valence-electron chi connectivity index (χ0n) is 11.2. The number of benzene rings is 1. The maximum absolute atomic E-state index is 6.00. The molecule has 3 N–H and O–H groups in total. The molecule has 18 heavy (non-hydrogen) atoms. The van der Waals surface area contributed by atoms with E-state index in [0.29, 0.717) is 0 Å². The minimum absolute atomic E-state index is 0.836. The Kier molecular flexibility index (Phi) is 3.59. The highest BCUT2D eigenvalue weighted by atomic mass is 15.5. The number of aryl methyl sites for hydroxylation is 1. The largest absolute Gasteiger partial charge is 0.398 e. The van der Waals surface area contributed by atoms with Crippen LogP contribution >= 0.6 is 0 Å². The lowest BCUT2D eigenvalue weighted by Gasteiger charge is -2.08. The summed E-state index contributed by atoms with van der Waals surface area (Å²) >= 11 is 0. The SMILES string of the molecule is CCc1c(N)ccc(C)c1C#CC1=CNN(C)C1. The summed E-state index contributed by atoms with van der Waals surface area (Å²) in [5.74, 6) is 6.49. The molecule has 0 aliphatic carbocycles. The molecule has 0 fully saturated rings. The van der Waals surface area contributed by atoms with Crippen molar-refractivity contribution >= 4 is 5.69 Å². The summed E-state index contributed by atoms with van der Waals surface area (Å²) < 4.78 is 0. The highest BCUT2D eigenvalue weighted by Gasteiger charge is 2.08. The van der Waals surface area contributed by atoms with Crippen molar-refractivity contribution in [3.63, 3.8) is 0 Å². The van der Waals surface area contributed by atoms with E-state index in [1.807, 2.05) is 30.4 Å². The van der Waals surface area contributed by atoms with E-state index in [0.717, 1.165) is 35.4 Å². The smallest absolute Gasteiger partial charge is 0.0520 e. The molecule has 94 valence electrons. The Labute approximate surface area is 109 Å². The van der Waals surface area contributed by atoms with Crippen LogP contribution in [0.15, 0.2) is 23.9 Å². The lowest BCUT2D eigenvalue weighted by atomic mass is 9.98. The van der Waals surface area contributed by atoms with E-state index in [1.165, 1.54) is 5.56 Å². The molecule has 0 bridgehead atoms. The number of rotatable bonds is 1. The van der Waals surface area contributed by atoms with Crippen LogP contribution in [-0.4, -0.2) is 18.6 Å². The Hall–Kier alpha value is -1.92. The maximum atomic E-state index is 6.00. The van der Waals surface area contributed by atoms with Gasteiger partial charge in [-0.3, -0.25) is 0 Å². The normalized spacial score (nSPS) is 14.7. The molecule has 0 radical (unpaired) electrons. The third-order valence-corrected chi connectivity index (χ3v) is 3.13. The summed E-state index contributed by atoms with van der Waals surface area (Å²) in [5, 5.41) is 2.00. The first-order valence-electron chi connectivity index (χ1n) is 6.18. The minimum Gasteiger partial charge on any atom is -0.398 e. The summed E-state index contributed by atoms with van der Waals surface area (Å²) in [4.78, 5) is 0. The van der Waals surface area contributed by atoms with Crippen molar-refractivity contribution < 1.29 is 0 Å². The summed E-state index contributed by atoms with van der Waals surface area (Å²) in [6, 6.07) is 4.00. The van der Waals surface area contributed by atoms with Gasteiger partial charge >= 0.3 is 0 Å². The second kappa shape index (κ2) is 5.16. The van der Waals surface area contributed by atoms with Crippen LogP contribution in [0.2, 0.25) is 0 Å². The average Bonchev–Trinajstić information content (AvgIpc) is 2.76. The lowest BCUT2D eigenvalue weighted by molar-refractivity contribution is 0.330. The fourth-order valence-corrected chi connectivity index (χ4v) is 2.09.